The summed E-state index contributed by atoms with van der Waals surface area (Å²) in [7, 11) is 0. The van der Waals surface area contributed by atoms with Crippen LogP contribution in [0.1, 0.15) is 15.9 Å². The van der Waals surface area contributed by atoms with E-state index in [2.05, 4.69) is 15.6 Å². The number of nitrogens with one attached hydrogen (secondary N) is 2. The second-order valence-electron chi connectivity index (χ2n) is 4.24. The highest BCUT2D eigenvalue weighted by atomic mass is 16.2. The van der Waals surface area contributed by atoms with Crippen molar-refractivity contribution in [1.29, 1.82) is 0 Å². The van der Waals surface area contributed by atoms with E-state index >= 15 is 0 Å². The van der Waals surface area contributed by atoms with Crippen LogP contribution in [0, 0.1) is 6.92 Å². The molecule has 102 valence electrons. The van der Waals surface area contributed by atoms with E-state index in [1.165, 1.54) is 0 Å². The van der Waals surface area contributed by atoms with Crippen LogP contribution in [0.4, 0.5) is 16.3 Å². The highest BCUT2D eigenvalue weighted by Crippen LogP contribution is 2.12. The first kappa shape index (κ1) is 13.5. The zero-order chi connectivity index (χ0) is 14.5. The molecule has 0 fully saturated rings. The summed E-state index contributed by atoms with van der Waals surface area (Å²) >= 11 is 0. The van der Waals surface area contributed by atoms with Gasteiger partial charge < -0.3 is 16.4 Å². The molecule has 2 rings (SSSR count). The third-order valence-corrected chi connectivity index (χ3v) is 2.57. The van der Waals surface area contributed by atoms with Gasteiger partial charge in [-0.3, -0.25) is 4.79 Å². The van der Waals surface area contributed by atoms with Crippen LogP contribution in [0.3, 0.4) is 0 Å². The van der Waals surface area contributed by atoms with Gasteiger partial charge in [-0.1, -0.05) is 0 Å². The van der Waals surface area contributed by atoms with Crippen molar-refractivity contribution >= 4 is 23.4 Å². The van der Waals surface area contributed by atoms with Gasteiger partial charge in [-0.15, -0.1) is 0 Å². The molecule has 6 heteroatoms. The van der Waals surface area contributed by atoms with Gasteiger partial charge in [-0.05, 0) is 48.9 Å². The Morgan fingerprint density at radius 1 is 1.10 bits per heavy atom. The van der Waals surface area contributed by atoms with Crippen LogP contribution in [-0.4, -0.2) is 16.9 Å². The fourth-order valence-electron chi connectivity index (χ4n) is 1.64. The molecule has 0 aliphatic rings. The highest BCUT2D eigenvalue weighted by molar-refractivity contribution is 6.04. The Bertz CT molecular complexity index is 638. The summed E-state index contributed by atoms with van der Waals surface area (Å²) in [4.78, 5) is 26.7. The lowest BCUT2D eigenvalue weighted by molar-refractivity contribution is 0.102. The molecule has 20 heavy (non-hydrogen) atoms. The van der Waals surface area contributed by atoms with Gasteiger partial charge in [0.05, 0.1) is 0 Å². The summed E-state index contributed by atoms with van der Waals surface area (Å²) < 4.78 is 0. The summed E-state index contributed by atoms with van der Waals surface area (Å²) in [5, 5.41) is 5.12. The summed E-state index contributed by atoms with van der Waals surface area (Å²) in [5.41, 5.74) is 7.00. The molecule has 0 atom stereocenters. The van der Waals surface area contributed by atoms with Crippen molar-refractivity contribution in [3.8, 4) is 0 Å². The Labute approximate surface area is 116 Å². The zero-order valence-electron chi connectivity index (χ0n) is 10.9. The molecule has 3 amide bonds. The number of anilines is 2. The molecule has 0 unspecified atom stereocenters. The molecule has 1 aromatic carbocycles. The highest BCUT2D eigenvalue weighted by Gasteiger charge is 2.07. The number of primary amides is 1. The second kappa shape index (κ2) is 5.83. The number of amides is 3. The lowest BCUT2D eigenvalue weighted by Gasteiger charge is -2.06. The van der Waals surface area contributed by atoms with E-state index in [4.69, 9.17) is 5.73 Å². The molecular weight excluding hydrogens is 256 g/mol. The fraction of sp³-hybridized carbons (Fsp3) is 0.0714. The molecule has 0 saturated carbocycles. The average Bonchev–Trinajstić information content (AvgIpc) is 2.38. The summed E-state index contributed by atoms with van der Waals surface area (Å²) in [6.07, 6.45) is 1.63. The number of aryl methyl sites for hydroxylation is 1. The molecule has 4 N–H and O–H groups in total. The molecule has 0 radical (unpaired) electrons. The Kier molecular flexibility index (Phi) is 3.95. The van der Waals surface area contributed by atoms with Crippen LogP contribution in [0.25, 0.3) is 0 Å². The van der Waals surface area contributed by atoms with Gasteiger partial charge in [0.2, 0.25) is 0 Å². The van der Waals surface area contributed by atoms with E-state index in [9.17, 15) is 9.59 Å². The minimum atomic E-state index is -0.647. The third kappa shape index (κ3) is 3.55. The molecule has 6 nitrogen and oxygen atoms in total. The normalized spacial score (nSPS) is 9.85. The average molecular weight is 270 g/mol. The number of urea groups is 1. The number of aromatic nitrogens is 1. The van der Waals surface area contributed by atoms with E-state index in [1.54, 1.807) is 36.5 Å². The molecule has 0 aliphatic carbocycles. The molecule has 1 heterocycles. The topological polar surface area (TPSA) is 97.1 Å². The number of rotatable bonds is 3. The molecule has 0 bridgehead atoms. The molecule has 0 aliphatic heterocycles. The van der Waals surface area contributed by atoms with Gasteiger partial charge >= 0.3 is 6.03 Å². The van der Waals surface area contributed by atoms with E-state index in [0.717, 1.165) is 5.56 Å². The van der Waals surface area contributed by atoms with Crippen LogP contribution in [-0.2, 0) is 0 Å². The lowest BCUT2D eigenvalue weighted by atomic mass is 10.2. The third-order valence-electron chi connectivity index (χ3n) is 2.57. The fourth-order valence-corrected chi connectivity index (χ4v) is 1.64. The number of benzene rings is 1. The maximum absolute atomic E-state index is 12.0. The van der Waals surface area contributed by atoms with Crippen molar-refractivity contribution in [3.05, 3.63) is 53.7 Å². The molecule has 1 aromatic heterocycles. The van der Waals surface area contributed by atoms with Gasteiger partial charge in [-0.25, -0.2) is 9.78 Å². The van der Waals surface area contributed by atoms with Crippen LogP contribution < -0.4 is 16.4 Å². The smallest absolute Gasteiger partial charge is 0.316 e. The largest absolute Gasteiger partial charge is 0.351 e. The number of carbonyl (C=O) groups excluding carboxylic acids is 2. The first-order valence-electron chi connectivity index (χ1n) is 5.95. The Morgan fingerprint density at radius 2 is 1.80 bits per heavy atom. The number of carbonyl (C=O) groups is 2. The van der Waals surface area contributed by atoms with Gasteiger partial charge in [0.25, 0.3) is 5.91 Å². The Morgan fingerprint density at radius 3 is 2.40 bits per heavy atom. The monoisotopic (exact) mass is 270 g/mol. The van der Waals surface area contributed by atoms with Gasteiger partial charge in [0.1, 0.15) is 5.82 Å². The predicted molar refractivity (Wildman–Crippen MR) is 76.6 cm³/mol. The molecular formula is C14H14N4O2. The number of hydrogen-bond acceptors (Lipinski definition) is 3. The first-order chi connectivity index (χ1) is 9.54. The van der Waals surface area contributed by atoms with Crippen molar-refractivity contribution in [3.63, 3.8) is 0 Å². The lowest BCUT2D eigenvalue weighted by Crippen LogP contribution is -2.19. The predicted octanol–water partition coefficient (Wildman–Crippen LogP) is 2.13. The summed E-state index contributed by atoms with van der Waals surface area (Å²) in [6.45, 7) is 1.92. The van der Waals surface area contributed by atoms with E-state index < -0.39 is 6.03 Å². The van der Waals surface area contributed by atoms with E-state index in [0.29, 0.717) is 17.1 Å². The molecule has 2 aromatic rings. The minimum absolute atomic E-state index is 0.270. The van der Waals surface area contributed by atoms with E-state index in [1.807, 2.05) is 13.0 Å². The molecule has 0 spiro atoms. The van der Waals surface area contributed by atoms with Gasteiger partial charge in [0, 0.05) is 17.4 Å². The van der Waals surface area contributed by atoms with Crippen LogP contribution in [0.2, 0.25) is 0 Å². The minimum Gasteiger partial charge on any atom is -0.351 e. The standard InChI is InChI=1S/C14H14N4O2/c1-9-6-7-16-12(8-9)18-13(19)10-2-4-11(5-3-10)17-14(15)20/h2-8H,1H3,(H3,15,17,20)(H,16,18,19). The van der Waals surface area contributed by atoms with Crippen molar-refractivity contribution in [2.24, 2.45) is 5.73 Å². The van der Waals surface area contributed by atoms with Crippen molar-refractivity contribution in [2.75, 3.05) is 10.6 Å². The van der Waals surface area contributed by atoms with Crippen molar-refractivity contribution < 1.29 is 9.59 Å². The summed E-state index contributed by atoms with van der Waals surface area (Å²) in [5.74, 6) is 0.225. The van der Waals surface area contributed by atoms with Crippen molar-refractivity contribution in [1.82, 2.24) is 4.98 Å². The van der Waals surface area contributed by atoms with Crippen LogP contribution in [0.5, 0.6) is 0 Å². The zero-order valence-corrected chi connectivity index (χ0v) is 10.9. The Hall–Kier alpha value is -2.89. The van der Waals surface area contributed by atoms with Crippen LogP contribution >= 0.6 is 0 Å². The number of nitrogens with zero attached hydrogens (tertiary/aromatic N) is 1. The summed E-state index contributed by atoms with van der Waals surface area (Å²) in [6, 6.07) is 9.37. The van der Waals surface area contributed by atoms with Gasteiger partial charge in [-0.2, -0.15) is 0 Å². The maximum atomic E-state index is 12.0. The number of hydrogen-bond donors (Lipinski definition) is 3. The second-order valence-corrected chi connectivity index (χ2v) is 4.24. The molecule has 0 saturated heterocycles. The van der Waals surface area contributed by atoms with Crippen molar-refractivity contribution in [2.45, 2.75) is 6.92 Å². The maximum Gasteiger partial charge on any atom is 0.316 e. The number of nitrogens with two attached hydrogens (primary N) is 1. The van der Waals surface area contributed by atoms with Crippen LogP contribution in [0.15, 0.2) is 42.6 Å². The quantitative estimate of drug-likeness (QED) is 0.797. The Balaban J connectivity index is 2.07. The first-order valence-corrected chi connectivity index (χ1v) is 5.95. The number of pyridine rings is 1. The SMILES string of the molecule is Cc1ccnc(NC(=O)c2ccc(NC(N)=O)cc2)c1. The van der Waals surface area contributed by atoms with E-state index in [-0.39, 0.29) is 5.91 Å². The van der Waals surface area contributed by atoms with Gasteiger partial charge in [0.15, 0.2) is 0 Å².